The quantitative estimate of drug-likeness (QED) is 0.678. The van der Waals surface area contributed by atoms with E-state index in [-0.39, 0.29) is 6.04 Å². The highest BCUT2D eigenvalue weighted by molar-refractivity contribution is 9.10. The van der Waals surface area contributed by atoms with Crippen LogP contribution in [0, 0.1) is 0 Å². The first kappa shape index (κ1) is 15.8. The van der Waals surface area contributed by atoms with Crippen LogP contribution < -0.4 is 5.32 Å². The summed E-state index contributed by atoms with van der Waals surface area (Å²) in [6, 6.07) is 14.2. The first-order valence-corrected chi connectivity index (χ1v) is 8.08. The van der Waals surface area contributed by atoms with Crippen molar-refractivity contribution in [3.63, 3.8) is 0 Å². The van der Waals surface area contributed by atoms with Crippen LogP contribution in [-0.4, -0.2) is 0 Å². The van der Waals surface area contributed by atoms with Crippen LogP contribution in [0.3, 0.4) is 0 Å². The molecule has 0 aliphatic carbocycles. The fourth-order valence-corrected chi connectivity index (χ4v) is 2.91. The second-order valence-electron chi connectivity index (χ2n) is 4.59. The SMILES string of the molecule is CCC(NCc1c(Cl)cccc1Cl)c1ccc(Br)cc1. The van der Waals surface area contributed by atoms with Crippen LogP contribution in [0.2, 0.25) is 10.0 Å². The van der Waals surface area contributed by atoms with Crippen LogP contribution in [0.1, 0.15) is 30.5 Å². The van der Waals surface area contributed by atoms with Crippen LogP contribution >= 0.6 is 39.1 Å². The molecule has 0 aromatic heterocycles. The highest BCUT2D eigenvalue weighted by Crippen LogP contribution is 2.26. The zero-order valence-electron chi connectivity index (χ0n) is 11.2. The van der Waals surface area contributed by atoms with Gasteiger partial charge in [-0.15, -0.1) is 0 Å². The second-order valence-corrected chi connectivity index (χ2v) is 6.32. The number of halogens is 3. The Bertz CT molecular complexity index is 549. The normalized spacial score (nSPS) is 12.4. The Hall–Kier alpha value is -0.540. The molecule has 1 unspecified atom stereocenters. The molecule has 2 aromatic rings. The van der Waals surface area contributed by atoms with E-state index in [1.165, 1.54) is 5.56 Å². The summed E-state index contributed by atoms with van der Waals surface area (Å²) in [5, 5.41) is 4.93. The zero-order valence-corrected chi connectivity index (χ0v) is 14.3. The Kier molecular flexibility index (Phi) is 5.91. The lowest BCUT2D eigenvalue weighted by molar-refractivity contribution is 0.519. The lowest BCUT2D eigenvalue weighted by Crippen LogP contribution is -2.20. The lowest BCUT2D eigenvalue weighted by Gasteiger charge is -2.18. The average Bonchev–Trinajstić information content (AvgIpc) is 2.44. The van der Waals surface area contributed by atoms with Gasteiger partial charge < -0.3 is 5.32 Å². The first-order valence-electron chi connectivity index (χ1n) is 6.53. The summed E-state index contributed by atoms with van der Waals surface area (Å²) in [5.74, 6) is 0. The molecule has 0 fully saturated rings. The van der Waals surface area contributed by atoms with Crippen LogP contribution in [0.15, 0.2) is 46.9 Å². The zero-order chi connectivity index (χ0) is 14.5. The van der Waals surface area contributed by atoms with Gasteiger partial charge in [0.1, 0.15) is 0 Å². The second kappa shape index (κ2) is 7.46. The fraction of sp³-hybridized carbons (Fsp3) is 0.250. The maximum Gasteiger partial charge on any atom is 0.0465 e. The minimum absolute atomic E-state index is 0.287. The first-order chi connectivity index (χ1) is 9.61. The smallest absolute Gasteiger partial charge is 0.0465 e. The molecule has 0 aliphatic rings. The third kappa shape index (κ3) is 3.98. The minimum atomic E-state index is 0.287. The third-order valence-corrected chi connectivity index (χ3v) is 4.50. The van der Waals surface area contributed by atoms with E-state index in [9.17, 15) is 0 Å². The molecule has 106 valence electrons. The van der Waals surface area contributed by atoms with Crippen molar-refractivity contribution < 1.29 is 0 Å². The maximum atomic E-state index is 6.19. The minimum Gasteiger partial charge on any atom is -0.306 e. The topological polar surface area (TPSA) is 12.0 Å². The maximum absolute atomic E-state index is 6.19. The van der Waals surface area contributed by atoms with E-state index in [0.29, 0.717) is 16.6 Å². The van der Waals surface area contributed by atoms with Crippen molar-refractivity contribution in [1.82, 2.24) is 5.32 Å². The predicted octanol–water partition coefficient (Wildman–Crippen LogP) is 6.00. The summed E-state index contributed by atoms with van der Waals surface area (Å²) >= 11 is 15.8. The van der Waals surface area contributed by atoms with Gasteiger partial charge in [0.05, 0.1) is 0 Å². The van der Waals surface area contributed by atoms with Gasteiger partial charge in [0.25, 0.3) is 0 Å². The van der Waals surface area contributed by atoms with E-state index in [4.69, 9.17) is 23.2 Å². The molecule has 20 heavy (non-hydrogen) atoms. The van der Waals surface area contributed by atoms with Crippen molar-refractivity contribution in [2.24, 2.45) is 0 Å². The van der Waals surface area contributed by atoms with E-state index >= 15 is 0 Å². The van der Waals surface area contributed by atoms with Gasteiger partial charge in [-0.1, -0.05) is 64.3 Å². The molecule has 0 spiro atoms. The monoisotopic (exact) mass is 371 g/mol. The molecule has 1 nitrogen and oxygen atoms in total. The van der Waals surface area contributed by atoms with Crippen molar-refractivity contribution >= 4 is 39.1 Å². The van der Waals surface area contributed by atoms with Crippen molar-refractivity contribution in [3.05, 3.63) is 68.1 Å². The van der Waals surface area contributed by atoms with E-state index in [1.807, 2.05) is 18.2 Å². The highest BCUT2D eigenvalue weighted by Gasteiger charge is 2.11. The molecule has 0 amide bonds. The van der Waals surface area contributed by atoms with E-state index in [0.717, 1.165) is 16.5 Å². The van der Waals surface area contributed by atoms with Crippen LogP contribution in [0.4, 0.5) is 0 Å². The Morgan fingerprint density at radius 3 is 2.20 bits per heavy atom. The molecular weight excluding hydrogens is 357 g/mol. The van der Waals surface area contributed by atoms with Gasteiger partial charge in [0, 0.05) is 32.7 Å². The van der Waals surface area contributed by atoms with Gasteiger partial charge in [-0.3, -0.25) is 0 Å². The van der Waals surface area contributed by atoms with Crippen molar-refractivity contribution in [3.8, 4) is 0 Å². The molecule has 0 aliphatic heterocycles. The number of benzene rings is 2. The summed E-state index contributed by atoms with van der Waals surface area (Å²) in [5.41, 5.74) is 2.21. The molecule has 1 atom stereocenters. The van der Waals surface area contributed by atoms with Gasteiger partial charge in [-0.25, -0.2) is 0 Å². The molecule has 4 heteroatoms. The molecule has 0 saturated heterocycles. The molecule has 1 N–H and O–H groups in total. The van der Waals surface area contributed by atoms with Gasteiger partial charge in [-0.05, 0) is 36.2 Å². The summed E-state index contributed by atoms with van der Waals surface area (Å²) in [4.78, 5) is 0. The molecule has 0 saturated carbocycles. The van der Waals surface area contributed by atoms with E-state index < -0.39 is 0 Å². The molecule has 2 aromatic carbocycles. The fourth-order valence-electron chi connectivity index (χ4n) is 2.12. The number of nitrogens with one attached hydrogen (secondary N) is 1. The Morgan fingerprint density at radius 2 is 1.65 bits per heavy atom. The molecule has 0 bridgehead atoms. The average molecular weight is 373 g/mol. The largest absolute Gasteiger partial charge is 0.306 e. The van der Waals surface area contributed by atoms with Gasteiger partial charge >= 0.3 is 0 Å². The Morgan fingerprint density at radius 1 is 1.05 bits per heavy atom. The number of hydrogen-bond acceptors (Lipinski definition) is 1. The summed E-state index contributed by atoms with van der Waals surface area (Å²) in [6.07, 6.45) is 1.00. The van der Waals surface area contributed by atoms with Crippen molar-refractivity contribution in [2.75, 3.05) is 0 Å². The number of hydrogen-bond donors (Lipinski definition) is 1. The Labute approximate surface area is 138 Å². The Balaban J connectivity index is 2.09. The molecule has 0 radical (unpaired) electrons. The summed E-state index contributed by atoms with van der Waals surface area (Å²) in [6.45, 7) is 2.82. The number of rotatable bonds is 5. The summed E-state index contributed by atoms with van der Waals surface area (Å²) in [7, 11) is 0. The van der Waals surface area contributed by atoms with Crippen molar-refractivity contribution in [2.45, 2.75) is 25.9 Å². The van der Waals surface area contributed by atoms with E-state index in [1.54, 1.807) is 0 Å². The van der Waals surface area contributed by atoms with Gasteiger partial charge in [-0.2, -0.15) is 0 Å². The molecule has 2 rings (SSSR count). The molecular formula is C16H16BrCl2N. The van der Waals surface area contributed by atoms with E-state index in [2.05, 4.69) is 52.4 Å². The highest BCUT2D eigenvalue weighted by atomic mass is 79.9. The van der Waals surface area contributed by atoms with Crippen LogP contribution in [0.5, 0.6) is 0 Å². The van der Waals surface area contributed by atoms with Gasteiger partial charge in [0.15, 0.2) is 0 Å². The standard InChI is InChI=1S/C16H16BrCl2N/c1-2-16(11-6-8-12(17)9-7-11)20-10-13-14(18)4-3-5-15(13)19/h3-9,16,20H,2,10H2,1H3. The third-order valence-electron chi connectivity index (χ3n) is 3.27. The molecule has 0 heterocycles. The summed E-state index contributed by atoms with van der Waals surface area (Å²) < 4.78 is 1.09. The van der Waals surface area contributed by atoms with Crippen molar-refractivity contribution in [1.29, 1.82) is 0 Å². The lowest BCUT2D eigenvalue weighted by atomic mass is 10.0. The predicted molar refractivity (Wildman–Crippen MR) is 90.5 cm³/mol. The van der Waals surface area contributed by atoms with Crippen LogP contribution in [-0.2, 0) is 6.54 Å². The van der Waals surface area contributed by atoms with Crippen LogP contribution in [0.25, 0.3) is 0 Å². The van der Waals surface area contributed by atoms with Gasteiger partial charge in [0.2, 0.25) is 0 Å².